The van der Waals surface area contributed by atoms with E-state index >= 15 is 0 Å². The lowest BCUT2D eigenvalue weighted by molar-refractivity contribution is -0.130. The van der Waals surface area contributed by atoms with Crippen LogP contribution in [0.4, 0.5) is 0 Å². The van der Waals surface area contributed by atoms with Crippen LogP contribution in [-0.4, -0.2) is 23.7 Å². The van der Waals surface area contributed by atoms with E-state index in [1.54, 1.807) is 0 Å². The monoisotopic (exact) mass is 161 g/mol. The first-order valence-corrected chi connectivity index (χ1v) is 3.62. The summed E-state index contributed by atoms with van der Waals surface area (Å²) in [4.78, 5) is 10.6. The molecule has 0 radical (unpaired) electrons. The van der Waals surface area contributed by atoms with E-state index in [1.165, 1.54) is 5.48 Å². The highest BCUT2D eigenvalue weighted by molar-refractivity contribution is 5.80. The molecule has 1 atom stereocenters. The van der Waals surface area contributed by atoms with E-state index in [0.29, 0.717) is 13.0 Å². The fraction of sp³-hybridized carbons (Fsp3) is 0.833. The van der Waals surface area contributed by atoms with E-state index in [2.05, 4.69) is 0 Å². The zero-order valence-electron chi connectivity index (χ0n) is 6.42. The summed E-state index contributed by atoms with van der Waals surface area (Å²) >= 11 is 0. The van der Waals surface area contributed by atoms with Crippen LogP contribution in [0, 0.1) is 0 Å². The lowest BCUT2D eigenvalue weighted by Crippen LogP contribution is -2.38. The highest BCUT2D eigenvalue weighted by atomic mass is 16.5. The summed E-state index contributed by atoms with van der Waals surface area (Å²) in [6.45, 7) is 0.605. The summed E-state index contributed by atoms with van der Waals surface area (Å²) < 4.78 is 0. The van der Waals surface area contributed by atoms with Crippen molar-refractivity contribution in [2.45, 2.75) is 25.3 Å². The molecule has 0 aromatic rings. The average molecular weight is 161 g/mol. The van der Waals surface area contributed by atoms with Crippen molar-refractivity contribution in [2.24, 2.45) is 11.5 Å². The average Bonchev–Trinajstić information content (AvgIpc) is 2.03. The van der Waals surface area contributed by atoms with E-state index in [9.17, 15) is 4.79 Å². The van der Waals surface area contributed by atoms with Crippen molar-refractivity contribution < 1.29 is 10.0 Å². The molecular formula is C6H15N3O2. The van der Waals surface area contributed by atoms with Gasteiger partial charge in [0, 0.05) is 0 Å². The Labute approximate surface area is 65.7 Å². The number of carbonyl (C=O) groups excluding carboxylic acids is 1. The second-order valence-corrected chi connectivity index (χ2v) is 2.37. The van der Waals surface area contributed by atoms with Crippen LogP contribution in [0.15, 0.2) is 0 Å². The summed E-state index contributed by atoms with van der Waals surface area (Å²) in [5.41, 5.74) is 12.1. The Morgan fingerprint density at radius 1 is 1.55 bits per heavy atom. The van der Waals surface area contributed by atoms with Gasteiger partial charge in [-0.2, -0.15) is 0 Å². The molecule has 0 aliphatic rings. The van der Waals surface area contributed by atoms with Gasteiger partial charge >= 0.3 is 0 Å². The van der Waals surface area contributed by atoms with Gasteiger partial charge in [-0.3, -0.25) is 10.0 Å². The van der Waals surface area contributed by atoms with Gasteiger partial charge in [-0.15, -0.1) is 0 Å². The predicted molar refractivity (Wildman–Crippen MR) is 40.8 cm³/mol. The predicted octanol–water partition coefficient (Wildman–Crippen LogP) is -1.05. The van der Waals surface area contributed by atoms with Crippen LogP contribution in [0.5, 0.6) is 0 Å². The third kappa shape index (κ3) is 4.72. The second kappa shape index (κ2) is 6.09. The molecule has 0 bridgehead atoms. The molecule has 0 aliphatic carbocycles. The second-order valence-electron chi connectivity index (χ2n) is 2.37. The van der Waals surface area contributed by atoms with Gasteiger partial charge in [0.15, 0.2) is 0 Å². The van der Waals surface area contributed by atoms with Gasteiger partial charge in [0.1, 0.15) is 0 Å². The van der Waals surface area contributed by atoms with E-state index in [-0.39, 0.29) is 0 Å². The Morgan fingerprint density at radius 3 is 2.64 bits per heavy atom. The van der Waals surface area contributed by atoms with Gasteiger partial charge in [-0.1, -0.05) is 6.42 Å². The summed E-state index contributed by atoms with van der Waals surface area (Å²) in [7, 11) is 0. The first-order chi connectivity index (χ1) is 5.22. The fourth-order valence-corrected chi connectivity index (χ4v) is 0.723. The summed E-state index contributed by atoms with van der Waals surface area (Å²) in [5, 5.41) is 8.16. The SMILES string of the molecule is NCCCC[C@H](N)C(=O)NO. The standard InChI is InChI=1S/C6H15N3O2/c7-4-2-1-3-5(8)6(10)9-11/h5,11H,1-4,7-8H2,(H,9,10)/t5-/m0/s1. The quantitative estimate of drug-likeness (QED) is 0.235. The smallest absolute Gasteiger partial charge is 0.260 e. The normalized spacial score (nSPS) is 12.6. The van der Waals surface area contributed by atoms with Crippen LogP contribution in [0.1, 0.15) is 19.3 Å². The van der Waals surface area contributed by atoms with Gasteiger partial charge < -0.3 is 11.5 Å². The Kier molecular flexibility index (Phi) is 5.73. The number of rotatable bonds is 5. The molecule has 1 amide bonds. The number of unbranched alkanes of at least 4 members (excludes halogenated alkanes) is 1. The third-order valence-electron chi connectivity index (χ3n) is 1.42. The lowest BCUT2D eigenvalue weighted by Gasteiger charge is -2.07. The molecule has 0 spiro atoms. The summed E-state index contributed by atoms with van der Waals surface area (Å²) in [6.07, 6.45) is 2.22. The molecule has 0 saturated heterocycles. The third-order valence-corrected chi connectivity index (χ3v) is 1.42. The first kappa shape index (κ1) is 10.3. The molecule has 0 aromatic carbocycles. The minimum Gasteiger partial charge on any atom is -0.330 e. The van der Waals surface area contributed by atoms with Crippen LogP contribution in [0.3, 0.4) is 0 Å². The number of nitrogens with two attached hydrogens (primary N) is 2. The Morgan fingerprint density at radius 2 is 2.18 bits per heavy atom. The number of amides is 1. The topological polar surface area (TPSA) is 101 Å². The Bertz CT molecular complexity index is 118. The summed E-state index contributed by atoms with van der Waals surface area (Å²) in [5.74, 6) is -0.540. The van der Waals surface area contributed by atoms with Gasteiger partial charge in [-0.25, -0.2) is 5.48 Å². The largest absolute Gasteiger partial charge is 0.330 e. The molecule has 0 aliphatic heterocycles. The van der Waals surface area contributed by atoms with Crippen molar-refractivity contribution in [3.8, 4) is 0 Å². The van der Waals surface area contributed by atoms with Crippen LogP contribution in [0.25, 0.3) is 0 Å². The van der Waals surface area contributed by atoms with E-state index in [1.807, 2.05) is 0 Å². The molecule has 0 saturated carbocycles. The van der Waals surface area contributed by atoms with E-state index < -0.39 is 11.9 Å². The Balaban J connectivity index is 3.36. The molecule has 0 aromatic heterocycles. The van der Waals surface area contributed by atoms with Crippen LogP contribution < -0.4 is 16.9 Å². The zero-order valence-corrected chi connectivity index (χ0v) is 6.42. The van der Waals surface area contributed by atoms with E-state index in [0.717, 1.165) is 12.8 Å². The van der Waals surface area contributed by atoms with Crippen molar-refractivity contribution >= 4 is 5.91 Å². The van der Waals surface area contributed by atoms with Gasteiger partial charge in [0.25, 0.3) is 5.91 Å². The maximum atomic E-state index is 10.6. The van der Waals surface area contributed by atoms with Crippen molar-refractivity contribution in [1.29, 1.82) is 0 Å². The number of carbonyl (C=O) groups is 1. The van der Waals surface area contributed by atoms with Crippen LogP contribution in [0.2, 0.25) is 0 Å². The minimum absolute atomic E-state index is 0.540. The number of nitrogens with one attached hydrogen (secondary N) is 1. The first-order valence-electron chi connectivity index (χ1n) is 3.62. The number of hydroxylamine groups is 1. The number of hydrogen-bond donors (Lipinski definition) is 4. The van der Waals surface area contributed by atoms with Crippen molar-refractivity contribution in [3.05, 3.63) is 0 Å². The molecule has 11 heavy (non-hydrogen) atoms. The number of hydrogen-bond acceptors (Lipinski definition) is 4. The van der Waals surface area contributed by atoms with Crippen LogP contribution >= 0.6 is 0 Å². The molecule has 0 fully saturated rings. The highest BCUT2D eigenvalue weighted by Gasteiger charge is 2.10. The van der Waals surface area contributed by atoms with Crippen LogP contribution in [-0.2, 0) is 4.79 Å². The van der Waals surface area contributed by atoms with Gasteiger partial charge in [0.05, 0.1) is 6.04 Å². The zero-order chi connectivity index (χ0) is 8.69. The molecule has 5 heteroatoms. The van der Waals surface area contributed by atoms with Gasteiger partial charge in [-0.05, 0) is 19.4 Å². The highest BCUT2D eigenvalue weighted by Crippen LogP contribution is 1.96. The molecule has 5 nitrogen and oxygen atoms in total. The van der Waals surface area contributed by atoms with Crippen molar-refractivity contribution in [1.82, 2.24) is 5.48 Å². The maximum absolute atomic E-state index is 10.6. The molecular weight excluding hydrogens is 146 g/mol. The van der Waals surface area contributed by atoms with Crippen molar-refractivity contribution in [3.63, 3.8) is 0 Å². The van der Waals surface area contributed by atoms with Crippen molar-refractivity contribution in [2.75, 3.05) is 6.54 Å². The van der Waals surface area contributed by atoms with E-state index in [4.69, 9.17) is 16.7 Å². The fourth-order valence-electron chi connectivity index (χ4n) is 0.723. The molecule has 66 valence electrons. The summed E-state index contributed by atoms with van der Waals surface area (Å²) in [6, 6.07) is -0.619. The molecule has 6 N–H and O–H groups in total. The molecule has 0 unspecified atom stereocenters. The minimum atomic E-state index is -0.619. The maximum Gasteiger partial charge on any atom is 0.260 e. The Hall–Kier alpha value is -0.650. The lowest BCUT2D eigenvalue weighted by atomic mass is 10.1. The van der Waals surface area contributed by atoms with Gasteiger partial charge in [0.2, 0.25) is 0 Å². The molecule has 0 heterocycles. The molecule has 0 rings (SSSR count).